The Labute approximate surface area is 104 Å². The van der Waals surface area contributed by atoms with Crippen molar-refractivity contribution in [3.05, 3.63) is 51.2 Å². The monoisotopic (exact) mass is 243 g/mol. The number of thiazole rings is 1. The summed E-state index contributed by atoms with van der Waals surface area (Å²) in [5.74, 6) is 0. The van der Waals surface area contributed by atoms with Crippen LogP contribution in [0.15, 0.2) is 24.4 Å². The number of nitrogens with two attached hydrogens (primary N) is 1. The number of aryl methyl sites for hydroxylation is 1. The molecule has 2 heterocycles. The topological polar surface area (TPSA) is 51.8 Å². The molecule has 2 N–H and O–H groups in total. The summed E-state index contributed by atoms with van der Waals surface area (Å²) >= 11 is 1.68. The van der Waals surface area contributed by atoms with Crippen molar-refractivity contribution >= 4 is 16.9 Å². The van der Waals surface area contributed by atoms with E-state index in [1.54, 1.807) is 11.3 Å². The standard InChI is InChI=1S/C13H13N3S/c1-8-13(16-12(7-14)17-8)10-4-5-11-9(10)3-2-6-15-11/h2-4,6H,5,7,14H2,1H3. The van der Waals surface area contributed by atoms with Crippen LogP contribution in [0.3, 0.4) is 0 Å². The molecular weight excluding hydrogens is 230 g/mol. The zero-order valence-electron chi connectivity index (χ0n) is 9.60. The van der Waals surface area contributed by atoms with Crippen molar-refractivity contribution in [3.8, 4) is 0 Å². The average molecular weight is 243 g/mol. The highest BCUT2D eigenvalue weighted by Crippen LogP contribution is 2.34. The van der Waals surface area contributed by atoms with Crippen LogP contribution in [-0.4, -0.2) is 9.97 Å². The van der Waals surface area contributed by atoms with Crippen LogP contribution in [0.4, 0.5) is 0 Å². The van der Waals surface area contributed by atoms with E-state index in [4.69, 9.17) is 5.73 Å². The second-order valence-corrected chi connectivity index (χ2v) is 5.32. The summed E-state index contributed by atoms with van der Waals surface area (Å²) in [4.78, 5) is 10.2. The molecular formula is C13H13N3S. The molecule has 1 aliphatic rings. The van der Waals surface area contributed by atoms with E-state index in [2.05, 4.69) is 29.0 Å². The van der Waals surface area contributed by atoms with Gasteiger partial charge in [0.2, 0.25) is 0 Å². The van der Waals surface area contributed by atoms with E-state index in [1.165, 1.54) is 16.0 Å². The van der Waals surface area contributed by atoms with E-state index in [1.807, 2.05) is 12.3 Å². The van der Waals surface area contributed by atoms with Crippen LogP contribution in [-0.2, 0) is 13.0 Å². The van der Waals surface area contributed by atoms with Gasteiger partial charge in [0.25, 0.3) is 0 Å². The minimum atomic E-state index is 0.513. The molecule has 0 fully saturated rings. The summed E-state index contributed by atoms with van der Waals surface area (Å²) in [6.07, 6.45) is 4.95. The Morgan fingerprint density at radius 1 is 1.47 bits per heavy atom. The molecule has 3 nitrogen and oxygen atoms in total. The third kappa shape index (κ3) is 1.69. The average Bonchev–Trinajstić information content (AvgIpc) is 2.92. The number of hydrogen-bond donors (Lipinski definition) is 1. The minimum Gasteiger partial charge on any atom is -0.325 e. The first-order chi connectivity index (χ1) is 8.29. The highest BCUT2D eigenvalue weighted by Gasteiger charge is 2.20. The van der Waals surface area contributed by atoms with Crippen LogP contribution in [0.1, 0.15) is 26.8 Å². The van der Waals surface area contributed by atoms with Crippen molar-refractivity contribution in [2.75, 3.05) is 0 Å². The first kappa shape index (κ1) is 10.6. The molecule has 86 valence electrons. The summed E-state index contributed by atoms with van der Waals surface area (Å²) < 4.78 is 0. The molecule has 0 spiro atoms. The molecule has 1 aliphatic carbocycles. The van der Waals surface area contributed by atoms with Gasteiger partial charge in [0.1, 0.15) is 5.01 Å². The molecule has 4 heteroatoms. The lowest BCUT2D eigenvalue weighted by Crippen LogP contribution is -1.96. The summed E-state index contributed by atoms with van der Waals surface area (Å²) in [5.41, 5.74) is 10.3. The molecule has 0 saturated heterocycles. The van der Waals surface area contributed by atoms with Gasteiger partial charge < -0.3 is 5.73 Å². The Kier molecular flexibility index (Phi) is 2.53. The number of pyridine rings is 1. The summed E-state index contributed by atoms with van der Waals surface area (Å²) in [6, 6.07) is 4.09. The molecule has 0 aromatic carbocycles. The van der Waals surface area contributed by atoms with E-state index in [9.17, 15) is 0 Å². The lowest BCUT2D eigenvalue weighted by atomic mass is 10.1. The van der Waals surface area contributed by atoms with Crippen molar-refractivity contribution < 1.29 is 0 Å². The van der Waals surface area contributed by atoms with Crippen molar-refractivity contribution in [1.82, 2.24) is 9.97 Å². The van der Waals surface area contributed by atoms with Gasteiger partial charge in [-0.1, -0.05) is 12.1 Å². The summed E-state index contributed by atoms with van der Waals surface area (Å²) in [6.45, 7) is 2.61. The highest BCUT2D eigenvalue weighted by molar-refractivity contribution is 7.11. The van der Waals surface area contributed by atoms with E-state index < -0.39 is 0 Å². The van der Waals surface area contributed by atoms with Crippen molar-refractivity contribution in [3.63, 3.8) is 0 Å². The van der Waals surface area contributed by atoms with E-state index in [0.29, 0.717) is 6.54 Å². The lowest BCUT2D eigenvalue weighted by Gasteiger charge is -2.02. The third-order valence-corrected chi connectivity index (χ3v) is 3.94. The second kappa shape index (κ2) is 4.05. The summed E-state index contributed by atoms with van der Waals surface area (Å²) in [5, 5.41) is 0.996. The summed E-state index contributed by atoms with van der Waals surface area (Å²) in [7, 11) is 0. The van der Waals surface area contributed by atoms with Gasteiger partial charge in [0, 0.05) is 35.2 Å². The third-order valence-electron chi connectivity index (χ3n) is 2.95. The maximum Gasteiger partial charge on any atom is 0.107 e. The first-order valence-corrected chi connectivity index (χ1v) is 6.42. The van der Waals surface area contributed by atoms with Crippen LogP contribution >= 0.6 is 11.3 Å². The van der Waals surface area contributed by atoms with Crippen LogP contribution < -0.4 is 5.73 Å². The van der Waals surface area contributed by atoms with Crippen molar-refractivity contribution in [2.24, 2.45) is 5.73 Å². The number of allylic oxidation sites excluding steroid dienone is 1. The molecule has 0 aliphatic heterocycles. The van der Waals surface area contributed by atoms with E-state index >= 15 is 0 Å². The first-order valence-electron chi connectivity index (χ1n) is 5.60. The molecule has 0 bridgehead atoms. The lowest BCUT2D eigenvalue weighted by molar-refractivity contribution is 1.03. The van der Waals surface area contributed by atoms with Crippen molar-refractivity contribution in [1.29, 1.82) is 0 Å². The van der Waals surface area contributed by atoms with Crippen molar-refractivity contribution in [2.45, 2.75) is 19.9 Å². The fraction of sp³-hybridized carbons (Fsp3) is 0.231. The number of fused-ring (bicyclic) bond motifs is 1. The van der Waals surface area contributed by atoms with Gasteiger partial charge in [-0.25, -0.2) is 4.98 Å². The van der Waals surface area contributed by atoms with Gasteiger partial charge in [0.05, 0.1) is 11.4 Å². The predicted octanol–water partition coefficient (Wildman–Crippen LogP) is 2.29. The molecule has 0 radical (unpaired) electrons. The molecule has 0 unspecified atom stereocenters. The fourth-order valence-electron chi connectivity index (χ4n) is 2.17. The minimum absolute atomic E-state index is 0.513. The molecule has 3 rings (SSSR count). The molecule has 0 atom stereocenters. The number of rotatable bonds is 2. The van der Waals surface area contributed by atoms with Gasteiger partial charge in [0.15, 0.2) is 0 Å². The van der Waals surface area contributed by atoms with Gasteiger partial charge in [-0.3, -0.25) is 4.98 Å². The Balaban J connectivity index is 2.09. The molecule has 2 aromatic rings. The Morgan fingerprint density at radius 3 is 3.12 bits per heavy atom. The Morgan fingerprint density at radius 2 is 2.35 bits per heavy atom. The molecule has 2 aromatic heterocycles. The van der Waals surface area contributed by atoms with Crippen LogP contribution in [0, 0.1) is 6.92 Å². The molecule has 0 saturated carbocycles. The quantitative estimate of drug-likeness (QED) is 0.880. The smallest absolute Gasteiger partial charge is 0.107 e. The zero-order valence-corrected chi connectivity index (χ0v) is 10.4. The Hall–Kier alpha value is -1.52. The van der Waals surface area contributed by atoms with Gasteiger partial charge >= 0.3 is 0 Å². The van der Waals surface area contributed by atoms with Gasteiger partial charge in [-0.2, -0.15) is 0 Å². The SMILES string of the molecule is Cc1sc(CN)nc1C1=CCc2ncccc21. The molecule has 0 amide bonds. The van der Waals surface area contributed by atoms with Gasteiger partial charge in [-0.05, 0) is 13.0 Å². The van der Waals surface area contributed by atoms with Gasteiger partial charge in [-0.15, -0.1) is 11.3 Å². The second-order valence-electron chi connectivity index (χ2n) is 4.04. The number of aromatic nitrogens is 2. The molecule has 17 heavy (non-hydrogen) atoms. The van der Waals surface area contributed by atoms with E-state index in [0.717, 1.165) is 22.8 Å². The zero-order chi connectivity index (χ0) is 11.8. The van der Waals surface area contributed by atoms with Crippen LogP contribution in [0.5, 0.6) is 0 Å². The fourth-order valence-corrected chi connectivity index (χ4v) is 2.99. The van der Waals surface area contributed by atoms with Crippen LogP contribution in [0.2, 0.25) is 0 Å². The normalized spacial score (nSPS) is 13.6. The highest BCUT2D eigenvalue weighted by atomic mass is 32.1. The number of hydrogen-bond acceptors (Lipinski definition) is 4. The van der Waals surface area contributed by atoms with E-state index in [-0.39, 0.29) is 0 Å². The Bertz CT molecular complexity index is 598. The largest absolute Gasteiger partial charge is 0.325 e. The number of nitrogens with zero attached hydrogens (tertiary/aromatic N) is 2. The predicted molar refractivity (Wildman–Crippen MR) is 69.8 cm³/mol. The van der Waals surface area contributed by atoms with Crippen LogP contribution in [0.25, 0.3) is 5.57 Å². The maximum absolute atomic E-state index is 5.64. The maximum atomic E-state index is 5.64.